The van der Waals surface area contributed by atoms with Crippen molar-refractivity contribution < 1.29 is 4.79 Å². The van der Waals surface area contributed by atoms with Crippen molar-refractivity contribution in [2.75, 3.05) is 0 Å². The molecule has 1 nitrogen and oxygen atoms in total. The highest BCUT2D eigenvalue weighted by Crippen LogP contribution is 2.24. The van der Waals surface area contributed by atoms with Crippen LogP contribution in [-0.2, 0) is 0 Å². The summed E-state index contributed by atoms with van der Waals surface area (Å²) in [6, 6.07) is 11.9. The summed E-state index contributed by atoms with van der Waals surface area (Å²) < 4.78 is 0. The second-order valence-corrected chi connectivity index (χ2v) is 4.28. The molecule has 1 heterocycles. The summed E-state index contributed by atoms with van der Waals surface area (Å²) in [6.07, 6.45) is 0.568. The largest absolute Gasteiger partial charge is 0.294 e. The molecule has 0 fully saturated rings. The summed E-state index contributed by atoms with van der Waals surface area (Å²) in [4.78, 5) is 12.7. The number of benzene rings is 1. The highest BCUT2D eigenvalue weighted by Gasteiger charge is 2.03. The standard InChI is InChI=1S/C13H12OS/c1-2-12(14)10-5-7-11(8-6-10)13-4-3-9-15-13/h3-9H,2H2,1H3. The van der Waals surface area contributed by atoms with E-state index in [2.05, 4.69) is 11.4 Å². The van der Waals surface area contributed by atoms with E-state index in [-0.39, 0.29) is 5.78 Å². The van der Waals surface area contributed by atoms with Gasteiger partial charge in [0.05, 0.1) is 0 Å². The van der Waals surface area contributed by atoms with Gasteiger partial charge in [-0.25, -0.2) is 0 Å². The average molecular weight is 216 g/mol. The molecule has 76 valence electrons. The molecule has 0 aliphatic carbocycles. The van der Waals surface area contributed by atoms with Gasteiger partial charge in [-0.3, -0.25) is 4.79 Å². The first kappa shape index (κ1) is 10.1. The first-order valence-corrected chi connectivity index (χ1v) is 5.86. The van der Waals surface area contributed by atoms with Crippen LogP contribution >= 0.6 is 11.3 Å². The Kier molecular flexibility index (Phi) is 2.97. The molecule has 0 atom stereocenters. The molecule has 1 aromatic heterocycles. The van der Waals surface area contributed by atoms with E-state index in [9.17, 15) is 4.79 Å². The predicted molar refractivity (Wildman–Crippen MR) is 64.4 cm³/mol. The van der Waals surface area contributed by atoms with Crippen LogP contribution in [-0.4, -0.2) is 5.78 Å². The number of thiophene rings is 1. The number of carbonyl (C=O) groups is 1. The molecule has 2 aromatic rings. The number of hydrogen-bond acceptors (Lipinski definition) is 2. The first-order chi connectivity index (χ1) is 7.31. The number of Topliss-reactive ketones (excluding diaryl/α,β-unsaturated/α-hetero) is 1. The van der Waals surface area contributed by atoms with Gasteiger partial charge in [0.1, 0.15) is 0 Å². The molecule has 0 aliphatic heterocycles. The fourth-order valence-corrected chi connectivity index (χ4v) is 2.20. The van der Waals surface area contributed by atoms with Crippen LogP contribution in [0.4, 0.5) is 0 Å². The molecule has 0 spiro atoms. The minimum absolute atomic E-state index is 0.202. The number of ketones is 1. The van der Waals surface area contributed by atoms with Crippen molar-refractivity contribution in [2.45, 2.75) is 13.3 Å². The first-order valence-electron chi connectivity index (χ1n) is 4.98. The molecule has 0 amide bonds. The minimum atomic E-state index is 0.202. The fraction of sp³-hybridized carbons (Fsp3) is 0.154. The van der Waals surface area contributed by atoms with Gasteiger partial charge < -0.3 is 0 Å². The number of hydrogen-bond donors (Lipinski definition) is 0. The summed E-state index contributed by atoms with van der Waals surface area (Å²) in [5.74, 6) is 0.202. The zero-order valence-electron chi connectivity index (χ0n) is 8.57. The van der Waals surface area contributed by atoms with Crippen molar-refractivity contribution in [3.63, 3.8) is 0 Å². The zero-order chi connectivity index (χ0) is 10.7. The van der Waals surface area contributed by atoms with Crippen LogP contribution in [0.25, 0.3) is 10.4 Å². The van der Waals surface area contributed by atoms with Gasteiger partial charge in [0.15, 0.2) is 5.78 Å². The van der Waals surface area contributed by atoms with Gasteiger partial charge >= 0.3 is 0 Å². The van der Waals surface area contributed by atoms with Crippen molar-refractivity contribution >= 4 is 17.1 Å². The van der Waals surface area contributed by atoms with Crippen LogP contribution in [0, 0.1) is 0 Å². The number of rotatable bonds is 3. The molecule has 0 unspecified atom stereocenters. The van der Waals surface area contributed by atoms with E-state index < -0.39 is 0 Å². The maximum Gasteiger partial charge on any atom is 0.162 e. The summed E-state index contributed by atoms with van der Waals surface area (Å²) >= 11 is 1.71. The molecule has 0 bridgehead atoms. The topological polar surface area (TPSA) is 17.1 Å². The Hall–Kier alpha value is -1.41. The molecule has 2 heteroatoms. The predicted octanol–water partition coefficient (Wildman–Crippen LogP) is 4.01. The fourth-order valence-electron chi connectivity index (χ4n) is 1.47. The molecule has 0 saturated carbocycles. The van der Waals surface area contributed by atoms with Gasteiger partial charge in [0.25, 0.3) is 0 Å². The van der Waals surface area contributed by atoms with E-state index in [1.54, 1.807) is 11.3 Å². The van der Waals surface area contributed by atoms with Crippen molar-refractivity contribution in [1.29, 1.82) is 0 Å². The summed E-state index contributed by atoms with van der Waals surface area (Å²) in [7, 11) is 0. The molecular formula is C13H12OS. The Morgan fingerprint density at radius 3 is 2.47 bits per heavy atom. The monoisotopic (exact) mass is 216 g/mol. The van der Waals surface area contributed by atoms with E-state index >= 15 is 0 Å². The van der Waals surface area contributed by atoms with Crippen LogP contribution in [0.5, 0.6) is 0 Å². The van der Waals surface area contributed by atoms with Crippen LogP contribution in [0.1, 0.15) is 23.7 Å². The highest BCUT2D eigenvalue weighted by molar-refractivity contribution is 7.13. The summed E-state index contributed by atoms with van der Waals surface area (Å²) in [5.41, 5.74) is 1.98. The van der Waals surface area contributed by atoms with E-state index in [4.69, 9.17) is 0 Å². The quantitative estimate of drug-likeness (QED) is 0.708. The zero-order valence-corrected chi connectivity index (χ0v) is 9.38. The van der Waals surface area contributed by atoms with Gasteiger partial charge in [-0.05, 0) is 17.0 Å². The van der Waals surface area contributed by atoms with E-state index in [0.29, 0.717) is 6.42 Å². The van der Waals surface area contributed by atoms with E-state index in [1.807, 2.05) is 37.3 Å². The Morgan fingerprint density at radius 2 is 1.93 bits per heavy atom. The second kappa shape index (κ2) is 4.41. The third-order valence-corrected chi connectivity index (χ3v) is 3.25. The smallest absolute Gasteiger partial charge is 0.162 e. The molecule has 0 saturated heterocycles. The van der Waals surface area contributed by atoms with Crippen molar-refractivity contribution in [3.8, 4) is 10.4 Å². The molecule has 15 heavy (non-hydrogen) atoms. The lowest BCUT2D eigenvalue weighted by Crippen LogP contribution is -1.95. The lowest BCUT2D eigenvalue weighted by molar-refractivity contribution is 0.0988. The second-order valence-electron chi connectivity index (χ2n) is 3.33. The molecule has 1 aromatic carbocycles. The molecular weight excluding hydrogens is 204 g/mol. The summed E-state index contributed by atoms with van der Waals surface area (Å²) in [6.45, 7) is 1.88. The van der Waals surface area contributed by atoms with Gasteiger partial charge in [-0.1, -0.05) is 37.3 Å². The SMILES string of the molecule is CCC(=O)c1ccc(-c2cccs2)cc1. The lowest BCUT2D eigenvalue weighted by atomic mass is 10.1. The Morgan fingerprint density at radius 1 is 1.20 bits per heavy atom. The van der Waals surface area contributed by atoms with E-state index in [1.165, 1.54) is 10.4 Å². The third-order valence-electron chi connectivity index (χ3n) is 2.33. The third kappa shape index (κ3) is 2.16. The molecule has 0 aliphatic rings. The average Bonchev–Trinajstić information content (AvgIpc) is 2.82. The maximum absolute atomic E-state index is 11.4. The van der Waals surface area contributed by atoms with Crippen LogP contribution in [0.15, 0.2) is 41.8 Å². The maximum atomic E-state index is 11.4. The van der Waals surface area contributed by atoms with Crippen LogP contribution < -0.4 is 0 Å². The Bertz CT molecular complexity index is 440. The van der Waals surface area contributed by atoms with Crippen molar-refractivity contribution in [2.24, 2.45) is 0 Å². The molecule has 0 N–H and O–H groups in total. The Labute approximate surface area is 93.4 Å². The van der Waals surface area contributed by atoms with Gasteiger partial charge in [0.2, 0.25) is 0 Å². The number of carbonyl (C=O) groups excluding carboxylic acids is 1. The molecule has 0 radical (unpaired) electrons. The van der Waals surface area contributed by atoms with Crippen molar-refractivity contribution in [1.82, 2.24) is 0 Å². The highest BCUT2D eigenvalue weighted by atomic mass is 32.1. The molecule has 2 rings (SSSR count). The van der Waals surface area contributed by atoms with Crippen molar-refractivity contribution in [3.05, 3.63) is 47.3 Å². The summed E-state index contributed by atoms with van der Waals surface area (Å²) in [5, 5.41) is 2.06. The van der Waals surface area contributed by atoms with Crippen LogP contribution in [0.3, 0.4) is 0 Å². The van der Waals surface area contributed by atoms with E-state index in [0.717, 1.165) is 5.56 Å². The normalized spacial score (nSPS) is 10.2. The lowest BCUT2D eigenvalue weighted by Gasteiger charge is -2.00. The Balaban J connectivity index is 2.29. The minimum Gasteiger partial charge on any atom is -0.294 e. The van der Waals surface area contributed by atoms with Gasteiger partial charge in [0, 0.05) is 16.9 Å². The van der Waals surface area contributed by atoms with Gasteiger partial charge in [-0.15, -0.1) is 11.3 Å². The van der Waals surface area contributed by atoms with Gasteiger partial charge in [-0.2, -0.15) is 0 Å². The van der Waals surface area contributed by atoms with Crippen LogP contribution in [0.2, 0.25) is 0 Å².